The molecule has 0 N–H and O–H groups in total. The fourth-order valence-corrected chi connectivity index (χ4v) is 1.86. The van der Waals surface area contributed by atoms with Crippen molar-refractivity contribution in [3.05, 3.63) is 9.61 Å². The number of rotatable bonds is 2. The maximum Gasteiger partial charge on any atom is 0.361 e. The third kappa shape index (κ3) is 1.75. The molecular weight excluding hydrogens is 246 g/mol. The van der Waals surface area contributed by atoms with Crippen molar-refractivity contribution in [2.45, 2.75) is 0 Å². The Hall–Kier alpha value is -0.620. The molecule has 0 radical (unpaired) electrons. The van der Waals surface area contributed by atoms with Crippen molar-refractivity contribution in [2.75, 3.05) is 14.2 Å². The van der Waals surface area contributed by atoms with Gasteiger partial charge in [0.25, 0.3) is 0 Å². The van der Waals surface area contributed by atoms with Crippen LogP contribution in [0.2, 0.25) is 0 Å². The highest BCUT2D eigenvalue weighted by Gasteiger charge is 2.18. The van der Waals surface area contributed by atoms with Crippen LogP contribution in [0.5, 0.6) is 5.06 Å². The summed E-state index contributed by atoms with van der Waals surface area (Å²) in [6.45, 7) is 0. The van der Waals surface area contributed by atoms with Crippen LogP contribution in [0.1, 0.15) is 10.5 Å². The minimum atomic E-state index is -0.492. The van der Waals surface area contributed by atoms with Crippen molar-refractivity contribution in [3.63, 3.8) is 0 Å². The normalized spacial score (nSPS) is 9.58. The number of methoxy groups -OCH3 is 2. The van der Waals surface area contributed by atoms with Gasteiger partial charge >= 0.3 is 5.97 Å². The first-order chi connectivity index (χ1) is 5.69. The molecule has 66 valence electrons. The number of nitrogens with zero attached hydrogens (tertiary/aromatic N) is 1. The van der Waals surface area contributed by atoms with Crippen molar-refractivity contribution < 1.29 is 14.3 Å². The van der Waals surface area contributed by atoms with Crippen molar-refractivity contribution in [2.24, 2.45) is 0 Å². The molecule has 0 saturated carbocycles. The minimum absolute atomic E-state index is 0.205. The van der Waals surface area contributed by atoms with Crippen molar-refractivity contribution >= 4 is 33.2 Å². The Balaban J connectivity index is 3.04. The predicted molar refractivity (Wildman–Crippen MR) is 47.7 cm³/mol. The van der Waals surface area contributed by atoms with Gasteiger partial charge in [-0.05, 0) is 15.9 Å². The molecule has 0 saturated heterocycles. The lowest BCUT2D eigenvalue weighted by atomic mass is 10.5. The second kappa shape index (κ2) is 3.86. The quantitative estimate of drug-likeness (QED) is 0.751. The highest BCUT2D eigenvalue weighted by Crippen LogP contribution is 2.30. The molecule has 0 atom stereocenters. The molecule has 0 unspecified atom stereocenters. The van der Waals surface area contributed by atoms with Gasteiger partial charge in [0, 0.05) is 0 Å². The van der Waals surface area contributed by atoms with Crippen LogP contribution in [0, 0.1) is 0 Å². The summed E-state index contributed by atoms with van der Waals surface area (Å²) in [4.78, 5) is 14.9. The van der Waals surface area contributed by atoms with E-state index in [1.807, 2.05) is 0 Å². The first-order valence-electron chi connectivity index (χ1n) is 2.97. The molecular formula is C6H6BrNO3S. The van der Waals surface area contributed by atoms with Gasteiger partial charge in [0.15, 0.2) is 3.92 Å². The van der Waals surface area contributed by atoms with E-state index in [0.717, 1.165) is 0 Å². The third-order valence-corrected chi connectivity index (χ3v) is 2.60. The van der Waals surface area contributed by atoms with Crippen molar-refractivity contribution in [1.29, 1.82) is 0 Å². The monoisotopic (exact) mass is 251 g/mol. The number of hydrogen-bond acceptors (Lipinski definition) is 5. The number of esters is 1. The molecule has 1 aromatic rings. The third-order valence-electron chi connectivity index (χ3n) is 1.13. The maximum absolute atomic E-state index is 11.0. The van der Waals surface area contributed by atoms with Gasteiger partial charge in [-0.2, -0.15) is 0 Å². The minimum Gasteiger partial charge on any atom is -0.485 e. The lowest BCUT2D eigenvalue weighted by molar-refractivity contribution is 0.0591. The number of halogens is 1. The Labute approximate surface area is 81.6 Å². The van der Waals surface area contributed by atoms with E-state index in [1.54, 1.807) is 0 Å². The molecule has 0 aliphatic carbocycles. The summed E-state index contributed by atoms with van der Waals surface area (Å²) in [5.74, 6) is -0.492. The van der Waals surface area contributed by atoms with Gasteiger partial charge in [-0.3, -0.25) is 0 Å². The van der Waals surface area contributed by atoms with Gasteiger partial charge in [-0.15, -0.1) is 0 Å². The van der Waals surface area contributed by atoms with E-state index in [-0.39, 0.29) is 5.69 Å². The van der Waals surface area contributed by atoms with Crippen LogP contribution >= 0.6 is 27.3 Å². The summed E-state index contributed by atoms with van der Waals surface area (Å²) in [6, 6.07) is 0. The largest absolute Gasteiger partial charge is 0.485 e. The number of carbonyl (C=O) groups is 1. The SMILES string of the molecule is COC(=O)c1nc(Br)sc1OC. The second-order valence-corrected chi connectivity index (χ2v) is 4.04. The smallest absolute Gasteiger partial charge is 0.361 e. The topological polar surface area (TPSA) is 48.4 Å². The first-order valence-corrected chi connectivity index (χ1v) is 4.58. The number of ether oxygens (including phenoxy) is 2. The van der Waals surface area contributed by atoms with Gasteiger partial charge < -0.3 is 9.47 Å². The summed E-state index contributed by atoms with van der Waals surface area (Å²) < 4.78 is 10.0. The fraction of sp³-hybridized carbons (Fsp3) is 0.333. The molecule has 12 heavy (non-hydrogen) atoms. The van der Waals surface area contributed by atoms with Crippen LogP contribution in [0.3, 0.4) is 0 Å². The second-order valence-electron chi connectivity index (χ2n) is 1.80. The van der Waals surface area contributed by atoms with Crippen LogP contribution in [0.15, 0.2) is 3.92 Å². The number of hydrogen-bond donors (Lipinski definition) is 0. The summed E-state index contributed by atoms with van der Waals surface area (Å²) in [5, 5.41) is 0.453. The molecule has 0 aromatic carbocycles. The van der Waals surface area contributed by atoms with E-state index in [0.29, 0.717) is 8.98 Å². The van der Waals surface area contributed by atoms with Gasteiger partial charge in [0.1, 0.15) is 0 Å². The summed E-state index contributed by atoms with van der Waals surface area (Å²) in [7, 11) is 2.78. The zero-order chi connectivity index (χ0) is 9.14. The van der Waals surface area contributed by atoms with E-state index < -0.39 is 5.97 Å². The van der Waals surface area contributed by atoms with Crippen LogP contribution < -0.4 is 4.74 Å². The summed E-state index contributed by atoms with van der Waals surface area (Å²) in [6.07, 6.45) is 0. The molecule has 0 amide bonds. The maximum atomic E-state index is 11.0. The molecule has 0 aliphatic rings. The predicted octanol–water partition coefficient (Wildman–Crippen LogP) is 1.70. The summed E-state index contributed by atoms with van der Waals surface area (Å²) in [5.41, 5.74) is 0.205. The van der Waals surface area contributed by atoms with Crippen LogP contribution in [-0.4, -0.2) is 25.2 Å². The van der Waals surface area contributed by atoms with Crippen LogP contribution in [0.4, 0.5) is 0 Å². The van der Waals surface area contributed by atoms with Crippen LogP contribution in [-0.2, 0) is 4.74 Å². The van der Waals surface area contributed by atoms with Gasteiger partial charge in [0.05, 0.1) is 14.2 Å². The molecule has 0 bridgehead atoms. The van der Waals surface area contributed by atoms with Crippen molar-refractivity contribution in [3.8, 4) is 5.06 Å². The van der Waals surface area contributed by atoms with E-state index in [2.05, 4.69) is 25.7 Å². The fourth-order valence-electron chi connectivity index (χ4n) is 0.645. The molecule has 0 spiro atoms. The first kappa shape index (κ1) is 9.47. The molecule has 4 nitrogen and oxygen atoms in total. The van der Waals surface area contributed by atoms with E-state index in [1.165, 1.54) is 25.6 Å². The molecule has 0 aliphatic heterocycles. The summed E-state index contributed by atoms with van der Waals surface area (Å²) >= 11 is 4.38. The molecule has 1 rings (SSSR count). The Bertz CT molecular complexity index is 299. The number of aromatic nitrogens is 1. The zero-order valence-corrected chi connectivity index (χ0v) is 8.86. The highest BCUT2D eigenvalue weighted by atomic mass is 79.9. The van der Waals surface area contributed by atoms with Crippen LogP contribution in [0.25, 0.3) is 0 Å². The lowest BCUT2D eigenvalue weighted by Gasteiger charge is -1.96. The number of thiazole rings is 1. The molecule has 0 fully saturated rings. The average Bonchev–Trinajstić information content (AvgIpc) is 2.45. The highest BCUT2D eigenvalue weighted by molar-refractivity contribution is 9.11. The Kier molecular flexibility index (Phi) is 3.05. The molecule has 6 heteroatoms. The Morgan fingerprint density at radius 1 is 1.58 bits per heavy atom. The lowest BCUT2D eigenvalue weighted by Crippen LogP contribution is -2.03. The number of carbonyl (C=O) groups excluding carboxylic acids is 1. The Morgan fingerprint density at radius 3 is 2.75 bits per heavy atom. The van der Waals surface area contributed by atoms with Gasteiger partial charge in [-0.25, -0.2) is 9.78 Å². The van der Waals surface area contributed by atoms with E-state index >= 15 is 0 Å². The zero-order valence-electron chi connectivity index (χ0n) is 6.46. The van der Waals surface area contributed by atoms with E-state index in [4.69, 9.17) is 4.74 Å². The van der Waals surface area contributed by atoms with Gasteiger partial charge in [0.2, 0.25) is 10.8 Å². The van der Waals surface area contributed by atoms with E-state index in [9.17, 15) is 4.79 Å². The van der Waals surface area contributed by atoms with Gasteiger partial charge in [-0.1, -0.05) is 11.3 Å². The molecule has 1 aromatic heterocycles. The van der Waals surface area contributed by atoms with Crippen molar-refractivity contribution in [1.82, 2.24) is 4.98 Å². The standard InChI is InChI=1S/C6H6BrNO3S/c1-10-4(9)3-5(11-2)12-6(7)8-3/h1-2H3. The average molecular weight is 252 g/mol. The Morgan fingerprint density at radius 2 is 2.25 bits per heavy atom. The molecule has 1 heterocycles.